The number of fused-ring (bicyclic) bond motifs is 2. The van der Waals surface area contributed by atoms with Crippen molar-refractivity contribution >= 4 is 0 Å². The number of benzene rings is 3. The van der Waals surface area contributed by atoms with Crippen LogP contribution in [0.4, 0.5) is 0 Å². The Bertz CT molecular complexity index is 1700. The molecule has 4 saturated carbocycles. The predicted octanol–water partition coefficient (Wildman–Crippen LogP) is 8.12. The topological polar surface area (TPSA) is 60.8 Å². The molecule has 1 aliphatic heterocycles. The van der Waals surface area contributed by atoms with E-state index < -0.39 is 0 Å². The minimum atomic E-state index is 0.0313. The smallest absolute Gasteiger partial charge is 0.182 e. The van der Waals surface area contributed by atoms with Crippen LogP contribution in [0.5, 0.6) is 11.5 Å². The fraction of sp³-hybridized carbons (Fsp3) is 0.278. The average Bonchev–Trinajstić information content (AvgIpc) is 3.03. The highest BCUT2D eigenvalue weighted by Gasteiger charge is 2.61. The van der Waals surface area contributed by atoms with Gasteiger partial charge in [-0.25, -0.2) is 15.0 Å². The minimum Gasteiger partial charge on any atom is -0.457 e. The van der Waals surface area contributed by atoms with E-state index in [2.05, 4.69) is 47.4 Å². The normalized spacial score (nSPS) is 26.8. The van der Waals surface area contributed by atoms with Crippen LogP contribution >= 0.6 is 0 Å². The maximum absolute atomic E-state index is 6.72. The first-order valence-electron chi connectivity index (χ1n) is 14.9. The van der Waals surface area contributed by atoms with Gasteiger partial charge in [0.25, 0.3) is 0 Å². The van der Waals surface area contributed by atoms with Gasteiger partial charge in [-0.3, -0.25) is 4.98 Å². The van der Waals surface area contributed by atoms with Crippen molar-refractivity contribution in [2.75, 3.05) is 0 Å². The zero-order valence-electron chi connectivity index (χ0n) is 22.8. The van der Waals surface area contributed by atoms with Crippen LogP contribution in [0.15, 0.2) is 97.2 Å². The molecular formula is C36H30N4O. The Morgan fingerprint density at radius 3 is 1.98 bits per heavy atom. The van der Waals surface area contributed by atoms with Gasteiger partial charge in [0.2, 0.25) is 0 Å². The van der Waals surface area contributed by atoms with E-state index in [0.29, 0.717) is 29.3 Å². The first-order valence-corrected chi connectivity index (χ1v) is 14.9. The van der Waals surface area contributed by atoms with Gasteiger partial charge in [0.15, 0.2) is 17.5 Å². The number of rotatable bonds is 3. The zero-order chi connectivity index (χ0) is 27.0. The summed E-state index contributed by atoms with van der Waals surface area (Å²) in [5.41, 5.74) is 5.39. The molecule has 0 N–H and O–H groups in total. The molecule has 10 rings (SSSR count). The molecule has 5 aromatic rings. The van der Waals surface area contributed by atoms with E-state index in [1.54, 1.807) is 6.20 Å². The number of pyridine rings is 1. The molecule has 0 radical (unpaired) electrons. The van der Waals surface area contributed by atoms with Crippen LogP contribution in [-0.4, -0.2) is 19.9 Å². The van der Waals surface area contributed by atoms with Gasteiger partial charge < -0.3 is 4.74 Å². The van der Waals surface area contributed by atoms with E-state index in [-0.39, 0.29) is 5.41 Å². The molecule has 0 atom stereocenters. The van der Waals surface area contributed by atoms with Crippen LogP contribution < -0.4 is 4.74 Å². The number of aromatic nitrogens is 4. The summed E-state index contributed by atoms with van der Waals surface area (Å²) >= 11 is 0. The molecule has 41 heavy (non-hydrogen) atoms. The van der Waals surface area contributed by atoms with Crippen molar-refractivity contribution in [1.29, 1.82) is 0 Å². The second kappa shape index (κ2) is 8.81. The Labute approximate surface area is 239 Å². The molecule has 4 fully saturated rings. The fourth-order valence-electron chi connectivity index (χ4n) is 8.89. The van der Waals surface area contributed by atoms with Crippen LogP contribution in [0, 0.1) is 23.7 Å². The van der Waals surface area contributed by atoms with Crippen LogP contribution in [0.25, 0.3) is 34.3 Å². The monoisotopic (exact) mass is 534 g/mol. The number of hydrogen-bond acceptors (Lipinski definition) is 5. The van der Waals surface area contributed by atoms with Crippen LogP contribution in [0.1, 0.15) is 43.2 Å². The predicted molar refractivity (Wildman–Crippen MR) is 158 cm³/mol. The summed E-state index contributed by atoms with van der Waals surface area (Å²) in [5.74, 6) is 6.93. The SMILES string of the molecule is c1ccc(-c2nc(-c3ccc4c(c3)Oc3ccccc3C43C4CC5CC(C4)CC3C5)nc(-c3ccccn3)n2)cc1. The maximum atomic E-state index is 6.72. The quantitative estimate of drug-likeness (QED) is 0.234. The highest BCUT2D eigenvalue weighted by molar-refractivity contribution is 5.69. The van der Waals surface area contributed by atoms with E-state index in [1.165, 1.54) is 43.2 Å². The van der Waals surface area contributed by atoms with Crippen LogP contribution in [-0.2, 0) is 5.41 Å². The molecule has 0 unspecified atom stereocenters. The Morgan fingerprint density at radius 2 is 1.22 bits per heavy atom. The van der Waals surface area contributed by atoms with Gasteiger partial charge in [0.1, 0.15) is 17.2 Å². The van der Waals surface area contributed by atoms with Crippen molar-refractivity contribution in [2.24, 2.45) is 23.7 Å². The number of hydrogen-bond donors (Lipinski definition) is 0. The molecule has 4 aliphatic carbocycles. The molecular weight excluding hydrogens is 504 g/mol. The van der Waals surface area contributed by atoms with E-state index in [9.17, 15) is 0 Å². The molecule has 200 valence electrons. The van der Waals surface area contributed by atoms with Gasteiger partial charge in [-0.15, -0.1) is 0 Å². The molecule has 0 amide bonds. The summed E-state index contributed by atoms with van der Waals surface area (Å²) in [5, 5.41) is 0. The van der Waals surface area contributed by atoms with Gasteiger partial charge in [0, 0.05) is 33.9 Å². The summed E-state index contributed by atoms with van der Waals surface area (Å²) in [6, 6.07) is 31.4. The van der Waals surface area contributed by atoms with Crippen LogP contribution in [0.3, 0.4) is 0 Å². The second-order valence-electron chi connectivity index (χ2n) is 12.4. The standard InChI is InChI=1S/C36H30N4O/c1-2-8-24(9-3-1)33-38-34(40-35(39-33)30-11-6-7-15-37-30)25-13-14-29-32(21-25)41-31-12-5-4-10-28(31)36(29)26-17-22-16-23(19-26)20-27(36)18-22/h1-15,21-23,26-27H,16-20H2. The molecule has 5 heteroatoms. The fourth-order valence-corrected chi connectivity index (χ4v) is 8.89. The van der Waals surface area contributed by atoms with E-state index in [4.69, 9.17) is 19.7 Å². The largest absolute Gasteiger partial charge is 0.457 e. The summed E-state index contributed by atoms with van der Waals surface area (Å²) in [6.45, 7) is 0. The lowest BCUT2D eigenvalue weighted by atomic mass is 9.42. The van der Waals surface area contributed by atoms with Gasteiger partial charge >= 0.3 is 0 Å². The van der Waals surface area contributed by atoms with Crippen molar-refractivity contribution in [3.63, 3.8) is 0 Å². The molecule has 1 spiro atoms. The molecule has 2 aromatic heterocycles. The second-order valence-corrected chi connectivity index (χ2v) is 12.4. The summed E-state index contributed by atoms with van der Waals surface area (Å²) in [6.07, 6.45) is 8.56. The van der Waals surface area contributed by atoms with E-state index in [1.807, 2.05) is 48.5 Å². The number of nitrogens with zero attached hydrogens (tertiary/aromatic N) is 4. The van der Waals surface area contributed by atoms with Crippen molar-refractivity contribution in [2.45, 2.75) is 37.5 Å². The summed E-state index contributed by atoms with van der Waals surface area (Å²) < 4.78 is 6.72. The van der Waals surface area contributed by atoms with Crippen molar-refractivity contribution in [1.82, 2.24) is 19.9 Å². The van der Waals surface area contributed by atoms with Crippen molar-refractivity contribution in [3.8, 4) is 45.8 Å². The minimum absolute atomic E-state index is 0.0313. The van der Waals surface area contributed by atoms with Crippen LogP contribution in [0.2, 0.25) is 0 Å². The Morgan fingerprint density at radius 1 is 0.561 bits per heavy atom. The average molecular weight is 535 g/mol. The first kappa shape index (κ1) is 23.3. The number of para-hydroxylation sites is 1. The lowest BCUT2D eigenvalue weighted by Crippen LogP contribution is -2.56. The Balaban J connectivity index is 1.22. The molecule has 5 aliphatic rings. The van der Waals surface area contributed by atoms with Gasteiger partial charge in [-0.05, 0) is 80.0 Å². The molecule has 4 bridgehead atoms. The van der Waals surface area contributed by atoms with E-state index in [0.717, 1.165) is 40.2 Å². The molecule has 5 nitrogen and oxygen atoms in total. The molecule has 3 aromatic carbocycles. The van der Waals surface area contributed by atoms with E-state index >= 15 is 0 Å². The number of ether oxygens (including phenoxy) is 1. The zero-order valence-corrected chi connectivity index (χ0v) is 22.8. The summed E-state index contributed by atoms with van der Waals surface area (Å²) in [7, 11) is 0. The Kier molecular flexibility index (Phi) is 5.01. The maximum Gasteiger partial charge on any atom is 0.182 e. The highest BCUT2D eigenvalue weighted by Crippen LogP contribution is 2.68. The van der Waals surface area contributed by atoms with Gasteiger partial charge in [-0.1, -0.05) is 66.7 Å². The van der Waals surface area contributed by atoms with Gasteiger partial charge in [0.05, 0.1) is 0 Å². The van der Waals surface area contributed by atoms with Crippen molar-refractivity contribution < 1.29 is 4.74 Å². The Hall–Kier alpha value is -4.38. The molecule has 3 heterocycles. The first-order chi connectivity index (χ1) is 20.3. The lowest BCUT2D eigenvalue weighted by Gasteiger charge is -2.63. The molecule has 0 saturated heterocycles. The van der Waals surface area contributed by atoms with Crippen molar-refractivity contribution in [3.05, 3.63) is 108 Å². The summed E-state index contributed by atoms with van der Waals surface area (Å²) in [4.78, 5) is 19.2. The third-order valence-corrected chi connectivity index (χ3v) is 10.2. The highest BCUT2D eigenvalue weighted by atomic mass is 16.5. The van der Waals surface area contributed by atoms with Gasteiger partial charge in [-0.2, -0.15) is 0 Å². The third-order valence-electron chi connectivity index (χ3n) is 10.2. The third kappa shape index (κ3) is 3.48. The lowest BCUT2D eigenvalue weighted by molar-refractivity contribution is -0.0452.